The van der Waals surface area contributed by atoms with E-state index < -0.39 is 37.3 Å². The quantitative estimate of drug-likeness (QED) is 0.444. The fourth-order valence-electron chi connectivity index (χ4n) is 2.96. The van der Waals surface area contributed by atoms with Gasteiger partial charge >= 0.3 is 0 Å². The number of ether oxygens (including phenoxy) is 2. The van der Waals surface area contributed by atoms with Crippen molar-refractivity contribution in [3.8, 4) is 17.2 Å². The van der Waals surface area contributed by atoms with Crippen LogP contribution in [0, 0.1) is 0 Å². The van der Waals surface area contributed by atoms with Crippen LogP contribution in [-0.2, 0) is 4.74 Å². The second-order valence-corrected chi connectivity index (χ2v) is 6.29. The van der Waals surface area contributed by atoms with Gasteiger partial charge in [-0.15, -0.1) is 0 Å². The molecular formula is C18H17NO8. The minimum absolute atomic E-state index is 0.207. The van der Waals surface area contributed by atoms with Crippen LogP contribution in [0.1, 0.15) is 0 Å². The first kappa shape index (κ1) is 17.8. The predicted octanol–water partition coefficient (Wildman–Crippen LogP) is -0.529. The zero-order chi connectivity index (χ0) is 19.1. The highest BCUT2D eigenvalue weighted by atomic mass is 16.7. The molecule has 1 aromatic carbocycles. The predicted molar refractivity (Wildman–Crippen MR) is 91.3 cm³/mol. The second-order valence-electron chi connectivity index (χ2n) is 6.29. The van der Waals surface area contributed by atoms with E-state index in [1.807, 2.05) is 0 Å². The lowest BCUT2D eigenvalue weighted by Gasteiger charge is -2.39. The summed E-state index contributed by atoms with van der Waals surface area (Å²) in [6.45, 7) is -0.550. The van der Waals surface area contributed by atoms with Gasteiger partial charge in [-0.05, 0) is 24.3 Å². The van der Waals surface area contributed by atoms with Gasteiger partial charge in [0.1, 0.15) is 41.4 Å². The van der Waals surface area contributed by atoms with Crippen LogP contribution in [0.15, 0.2) is 45.6 Å². The monoisotopic (exact) mass is 375 g/mol. The SMILES string of the molecule is O=c1ccc2nc3ccc(O[C@@H]4O[C@@H](CO)[C@H](O)[C@H](O)[C@H]4O)cc3oc-2c1. The first-order valence-corrected chi connectivity index (χ1v) is 8.28. The molecule has 0 unspecified atom stereocenters. The Hall–Kier alpha value is -2.56. The van der Waals surface area contributed by atoms with Crippen molar-refractivity contribution in [2.45, 2.75) is 30.7 Å². The minimum Gasteiger partial charge on any atom is -0.462 e. The second kappa shape index (κ2) is 6.87. The van der Waals surface area contributed by atoms with Gasteiger partial charge in [-0.1, -0.05) is 0 Å². The molecule has 5 atom stereocenters. The topological polar surface area (TPSA) is 142 Å². The zero-order valence-electron chi connectivity index (χ0n) is 13.9. The van der Waals surface area contributed by atoms with Crippen molar-refractivity contribution >= 4 is 11.1 Å². The van der Waals surface area contributed by atoms with E-state index in [-0.39, 0.29) is 11.2 Å². The molecule has 3 aliphatic rings. The van der Waals surface area contributed by atoms with Crippen LogP contribution in [0.2, 0.25) is 0 Å². The number of fused-ring (bicyclic) bond motifs is 2. The highest BCUT2D eigenvalue weighted by Gasteiger charge is 2.44. The Morgan fingerprint density at radius 1 is 1.04 bits per heavy atom. The highest BCUT2D eigenvalue weighted by molar-refractivity contribution is 5.77. The molecule has 0 aromatic heterocycles. The van der Waals surface area contributed by atoms with Crippen LogP contribution >= 0.6 is 0 Å². The third-order valence-corrected chi connectivity index (χ3v) is 4.42. The van der Waals surface area contributed by atoms with E-state index in [2.05, 4.69) is 4.98 Å². The van der Waals surface area contributed by atoms with Gasteiger partial charge in [0.25, 0.3) is 0 Å². The molecule has 1 saturated heterocycles. The molecule has 27 heavy (non-hydrogen) atoms. The average molecular weight is 375 g/mol. The minimum atomic E-state index is -1.54. The zero-order valence-corrected chi connectivity index (χ0v) is 13.9. The molecule has 4 N–H and O–H groups in total. The molecular weight excluding hydrogens is 358 g/mol. The maximum absolute atomic E-state index is 11.5. The van der Waals surface area contributed by atoms with Crippen molar-refractivity contribution in [2.24, 2.45) is 0 Å². The van der Waals surface area contributed by atoms with Gasteiger partial charge in [-0.2, -0.15) is 0 Å². The number of aliphatic hydroxyl groups excluding tert-OH is 4. The molecule has 1 fully saturated rings. The fraction of sp³-hybridized carbons (Fsp3) is 0.333. The number of rotatable bonds is 3. The van der Waals surface area contributed by atoms with E-state index in [0.29, 0.717) is 22.6 Å². The Labute approximate surface area is 152 Å². The molecule has 1 aliphatic carbocycles. The highest BCUT2D eigenvalue weighted by Crippen LogP contribution is 2.29. The van der Waals surface area contributed by atoms with Gasteiger partial charge < -0.3 is 34.3 Å². The Kier molecular flexibility index (Phi) is 4.54. The number of aromatic nitrogens is 1. The average Bonchev–Trinajstić information content (AvgIpc) is 2.66. The van der Waals surface area contributed by atoms with E-state index in [4.69, 9.17) is 13.9 Å². The van der Waals surface area contributed by atoms with Crippen molar-refractivity contribution in [1.29, 1.82) is 0 Å². The molecule has 2 heterocycles. The van der Waals surface area contributed by atoms with E-state index in [0.717, 1.165) is 0 Å². The normalized spacial score (nSPS) is 28.5. The number of benzene rings is 2. The Morgan fingerprint density at radius 3 is 2.63 bits per heavy atom. The van der Waals surface area contributed by atoms with Gasteiger partial charge in [-0.25, -0.2) is 4.98 Å². The lowest BCUT2D eigenvalue weighted by Crippen LogP contribution is -2.60. The number of hydrogen-bond donors (Lipinski definition) is 4. The van der Waals surface area contributed by atoms with Gasteiger partial charge in [0.15, 0.2) is 16.8 Å². The lowest BCUT2D eigenvalue weighted by atomic mass is 9.99. The van der Waals surface area contributed by atoms with Crippen LogP contribution in [0.4, 0.5) is 0 Å². The number of nitrogens with zero attached hydrogens (tertiary/aromatic N) is 1. The lowest BCUT2D eigenvalue weighted by molar-refractivity contribution is -0.277. The molecule has 142 valence electrons. The summed E-state index contributed by atoms with van der Waals surface area (Å²) in [5.41, 5.74) is 1.20. The Balaban J connectivity index is 1.65. The Bertz CT molecular complexity index is 987. The van der Waals surface area contributed by atoms with Crippen LogP contribution in [0.5, 0.6) is 5.75 Å². The van der Waals surface area contributed by atoms with E-state index in [1.54, 1.807) is 18.2 Å². The van der Waals surface area contributed by atoms with Crippen molar-refractivity contribution in [3.05, 3.63) is 46.6 Å². The number of aliphatic hydroxyl groups is 4. The largest absolute Gasteiger partial charge is 0.462 e. The van der Waals surface area contributed by atoms with Gasteiger partial charge in [-0.3, -0.25) is 4.79 Å². The molecule has 0 amide bonds. The summed E-state index contributed by atoms with van der Waals surface area (Å²) in [6.07, 6.45) is -6.90. The van der Waals surface area contributed by atoms with Crippen LogP contribution in [0.3, 0.4) is 0 Å². The maximum Gasteiger partial charge on any atom is 0.229 e. The van der Waals surface area contributed by atoms with Crippen molar-refractivity contribution in [2.75, 3.05) is 6.61 Å². The molecule has 0 bridgehead atoms. The van der Waals surface area contributed by atoms with Crippen molar-refractivity contribution < 1.29 is 34.3 Å². The van der Waals surface area contributed by atoms with E-state index >= 15 is 0 Å². The smallest absolute Gasteiger partial charge is 0.229 e. The molecule has 9 heteroatoms. The van der Waals surface area contributed by atoms with E-state index in [9.17, 15) is 25.2 Å². The van der Waals surface area contributed by atoms with Crippen LogP contribution in [-0.4, -0.2) is 62.7 Å². The Morgan fingerprint density at radius 2 is 1.85 bits per heavy atom. The van der Waals surface area contributed by atoms with Crippen LogP contribution in [0.25, 0.3) is 22.6 Å². The maximum atomic E-state index is 11.5. The van der Waals surface area contributed by atoms with Gasteiger partial charge in [0.2, 0.25) is 6.29 Å². The standard InChI is InChI=1S/C18H17NO8/c20-7-14-15(22)16(23)17(24)18(27-14)25-9-2-4-11-13(6-9)26-12-5-8(21)1-3-10(12)19-11/h1-6,14-18,20,22-24H,7H2/t14-,15-,16-,17+,18+/m0/s1. The molecule has 4 rings (SSSR count). The van der Waals surface area contributed by atoms with Crippen molar-refractivity contribution in [3.63, 3.8) is 0 Å². The summed E-state index contributed by atoms with van der Waals surface area (Å²) in [6, 6.07) is 8.99. The molecule has 1 aromatic rings. The molecule has 0 radical (unpaired) electrons. The third kappa shape index (κ3) is 3.27. The van der Waals surface area contributed by atoms with E-state index in [1.165, 1.54) is 18.2 Å². The molecule has 9 nitrogen and oxygen atoms in total. The summed E-state index contributed by atoms with van der Waals surface area (Å²) < 4.78 is 16.6. The van der Waals surface area contributed by atoms with Crippen LogP contribution < -0.4 is 10.2 Å². The summed E-state index contributed by atoms with van der Waals surface area (Å²) in [7, 11) is 0. The summed E-state index contributed by atoms with van der Waals surface area (Å²) in [5.74, 6) is 0.565. The summed E-state index contributed by atoms with van der Waals surface area (Å²) in [4.78, 5) is 15.9. The molecule has 0 spiro atoms. The third-order valence-electron chi connectivity index (χ3n) is 4.42. The van der Waals surface area contributed by atoms with Gasteiger partial charge in [0.05, 0.1) is 6.61 Å². The van der Waals surface area contributed by atoms with Gasteiger partial charge in [0, 0.05) is 12.1 Å². The first-order valence-electron chi connectivity index (χ1n) is 8.28. The molecule has 2 aliphatic heterocycles. The number of hydrogen-bond acceptors (Lipinski definition) is 9. The fourth-order valence-corrected chi connectivity index (χ4v) is 2.96. The summed E-state index contributed by atoms with van der Waals surface area (Å²) >= 11 is 0. The first-order chi connectivity index (χ1) is 13.0. The summed E-state index contributed by atoms with van der Waals surface area (Å²) in [5, 5.41) is 38.9. The molecule has 0 saturated carbocycles. The van der Waals surface area contributed by atoms with Crippen molar-refractivity contribution in [1.82, 2.24) is 4.98 Å².